The minimum absolute atomic E-state index is 0.394. The summed E-state index contributed by atoms with van der Waals surface area (Å²) in [5.74, 6) is 4.35. The molecule has 7 nitrogen and oxygen atoms in total. The van der Waals surface area contributed by atoms with E-state index in [4.69, 9.17) is 29.7 Å². The Morgan fingerprint density at radius 1 is 0.256 bits per heavy atom. The van der Waals surface area contributed by atoms with Crippen LogP contribution >= 0.6 is 11.8 Å². The minimum atomic E-state index is -1.52. The van der Waals surface area contributed by atoms with Crippen LogP contribution in [0, 0.1) is 0 Å². The average molecular weight is 1630 g/mol. The number of nitrogens with zero attached hydrogens (tertiary/aromatic N) is 6. The second kappa shape index (κ2) is 29.2. The summed E-state index contributed by atoms with van der Waals surface area (Å²) in [6.45, 7) is 7.17. The predicted octanol–water partition coefficient (Wildman–Crippen LogP) is 28.9. The SMILES string of the molecule is C[Si](C)(C)c1cccc(-c2cc(-c3ccccc3)nc(-c3ccc4cc(-c5cccc6c5-c5ccccc5C65c6ccccc6Sc6ccccc65)ccc4c3)n2)c1.c1ccc(-c2nc(-c3cccc(-n4c5ccccc5c5ccccc54)c3)nc(-c3ccc(-c4cccc5c4-c4ccccc4C54c5ccccc5Oc5ccccc54)c4ccccc34)n2)cc1. The van der Waals surface area contributed by atoms with Crippen molar-refractivity contribution in [2.45, 2.75) is 40.3 Å². The smallest absolute Gasteiger partial charge is 0.164 e. The third-order valence-corrected chi connectivity index (χ3v) is 29.2. The van der Waals surface area contributed by atoms with Gasteiger partial charge >= 0.3 is 0 Å². The van der Waals surface area contributed by atoms with Gasteiger partial charge in [0.1, 0.15) is 11.5 Å². The lowest BCUT2D eigenvalue weighted by Gasteiger charge is -2.39. The van der Waals surface area contributed by atoms with Crippen LogP contribution in [0.1, 0.15) is 44.5 Å². The summed E-state index contributed by atoms with van der Waals surface area (Å²) in [5.41, 5.74) is 30.4. The van der Waals surface area contributed by atoms with Gasteiger partial charge in [-0.05, 0) is 172 Å². The van der Waals surface area contributed by atoms with Crippen LogP contribution < -0.4 is 9.92 Å². The van der Waals surface area contributed by atoms with E-state index in [0.29, 0.717) is 17.5 Å². The quantitative estimate of drug-likeness (QED) is 0.126. The van der Waals surface area contributed by atoms with Crippen LogP contribution in [0.5, 0.6) is 11.5 Å². The van der Waals surface area contributed by atoms with Gasteiger partial charge in [-0.15, -0.1) is 0 Å². The maximum atomic E-state index is 6.63. The molecule has 125 heavy (non-hydrogen) atoms. The van der Waals surface area contributed by atoms with Gasteiger partial charge in [0, 0.05) is 70.8 Å². The van der Waals surface area contributed by atoms with Crippen molar-refractivity contribution in [3.63, 3.8) is 0 Å². The van der Waals surface area contributed by atoms with Crippen LogP contribution in [-0.2, 0) is 10.8 Å². The lowest BCUT2D eigenvalue weighted by atomic mass is 9.66. The highest BCUT2D eigenvalue weighted by molar-refractivity contribution is 7.99. The average Bonchev–Trinajstić information content (AvgIpc) is 1.53. The van der Waals surface area contributed by atoms with Crippen molar-refractivity contribution in [1.82, 2.24) is 29.5 Å². The maximum Gasteiger partial charge on any atom is 0.164 e. The van der Waals surface area contributed by atoms with Crippen molar-refractivity contribution in [1.29, 1.82) is 0 Å². The highest BCUT2D eigenvalue weighted by Crippen LogP contribution is 2.66. The van der Waals surface area contributed by atoms with Crippen molar-refractivity contribution in [3.8, 4) is 130 Å². The number of fused-ring (bicyclic) bond motifs is 23. The van der Waals surface area contributed by atoms with Crippen LogP contribution in [0.4, 0.5) is 0 Å². The molecule has 0 N–H and O–H groups in total. The summed E-state index contributed by atoms with van der Waals surface area (Å²) in [6, 6.07) is 151. The molecule has 0 atom stereocenters. The maximum absolute atomic E-state index is 6.63. The molecule has 18 aromatic carbocycles. The van der Waals surface area contributed by atoms with E-state index in [2.05, 4.69) is 425 Å². The summed E-state index contributed by atoms with van der Waals surface area (Å²) >= 11 is 1.89. The van der Waals surface area contributed by atoms with E-state index in [1.165, 1.54) is 103 Å². The van der Waals surface area contributed by atoms with E-state index >= 15 is 0 Å². The normalized spacial score (nSPS) is 13.2. The Labute approximate surface area is 730 Å². The minimum Gasteiger partial charge on any atom is -0.457 e. The standard InChI is InChI=1S/C62H38N4O.C54H40N2SSi/c1-2-18-39(19-3-1)59-63-60(40-20-16-21-41(38-40)66-54-32-12-7-24-45(54)46-25-8-13-33-55(46)66)65-61(64-59)48-37-36-44(42-22-4-5-23-43(42)48)47-27-17-31-53-58(47)49-26-6-9-28-50(49)62(53)51-29-10-14-34-56(51)67-57-35-15-11-30-52(57)62;1-58(2,3)41-18-13-17-39(33-41)49-34-48(35-15-5-4-6-16-35)55-53(56-49)40-30-28-36-31-38(29-27-37(36)32-40)42-20-14-24-47-52(42)43-19-7-8-21-44(43)54(47)45-22-9-11-25-50(45)57-51-26-12-10-23-46(51)54/h1-38H;4-34H,1-3H3. The van der Waals surface area contributed by atoms with Crippen LogP contribution in [0.25, 0.3) is 162 Å². The largest absolute Gasteiger partial charge is 0.457 e. The molecule has 2 spiro atoms. The third-order valence-electron chi connectivity index (χ3n) is 26.0. The van der Waals surface area contributed by atoms with Crippen LogP contribution in [-0.4, -0.2) is 37.6 Å². The van der Waals surface area contributed by atoms with Crippen LogP contribution in [0.2, 0.25) is 19.6 Å². The highest BCUT2D eigenvalue weighted by atomic mass is 32.2. The number of rotatable bonds is 10. The Bertz CT molecular complexity index is 7860. The van der Waals surface area contributed by atoms with E-state index < -0.39 is 18.9 Å². The molecular formula is C116H78N6OSSi. The van der Waals surface area contributed by atoms with Gasteiger partial charge in [0.2, 0.25) is 0 Å². The lowest BCUT2D eigenvalue weighted by molar-refractivity contribution is 0.436. The Morgan fingerprint density at radius 3 is 1.30 bits per heavy atom. The fourth-order valence-corrected chi connectivity index (χ4v) is 22.9. The van der Waals surface area contributed by atoms with Gasteiger partial charge in [0.05, 0.1) is 41.3 Å². The molecule has 0 unspecified atom stereocenters. The molecule has 21 aromatic rings. The first-order valence-corrected chi connectivity index (χ1v) is 47.2. The monoisotopic (exact) mass is 1630 g/mol. The van der Waals surface area contributed by atoms with Gasteiger partial charge < -0.3 is 9.30 Å². The van der Waals surface area contributed by atoms with E-state index in [9.17, 15) is 0 Å². The van der Waals surface area contributed by atoms with Crippen LogP contribution in [0.15, 0.2) is 428 Å². The lowest BCUT2D eigenvalue weighted by Crippen LogP contribution is -2.37. The van der Waals surface area contributed by atoms with Crippen molar-refractivity contribution in [3.05, 3.63) is 463 Å². The molecule has 25 rings (SSSR count). The topological polar surface area (TPSA) is 78.6 Å². The molecule has 3 aromatic heterocycles. The Kier molecular flexibility index (Phi) is 17.2. The van der Waals surface area contributed by atoms with Crippen molar-refractivity contribution in [2.24, 2.45) is 0 Å². The van der Waals surface area contributed by atoms with E-state index in [0.717, 1.165) is 112 Å². The first-order chi connectivity index (χ1) is 61.6. The number of ether oxygens (including phenoxy) is 1. The fraction of sp³-hybridized carbons (Fsp3) is 0.0431. The summed E-state index contributed by atoms with van der Waals surface area (Å²) in [6.07, 6.45) is 0. The number of aromatic nitrogens is 6. The second-order valence-electron chi connectivity index (χ2n) is 34.0. The predicted molar refractivity (Wildman–Crippen MR) is 516 cm³/mol. The third kappa shape index (κ3) is 11.7. The number of hydrogen-bond acceptors (Lipinski definition) is 7. The molecule has 0 amide bonds. The van der Waals surface area contributed by atoms with Gasteiger partial charge in [-0.3, -0.25) is 0 Å². The number of para-hydroxylation sites is 4. The zero-order chi connectivity index (χ0) is 83.1. The van der Waals surface area contributed by atoms with Gasteiger partial charge in [-0.1, -0.05) is 382 Å². The molecule has 0 fully saturated rings. The van der Waals surface area contributed by atoms with Gasteiger partial charge in [-0.25, -0.2) is 24.9 Å². The van der Waals surface area contributed by atoms with Gasteiger partial charge in [-0.2, -0.15) is 0 Å². The molecule has 2 aliphatic carbocycles. The van der Waals surface area contributed by atoms with Gasteiger partial charge in [0.25, 0.3) is 0 Å². The number of hydrogen-bond donors (Lipinski definition) is 0. The van der Waals surface area contributed by atoms with E-state index in [1.54, 1.807) is 0 Å². The Balaban J connectivity index is 0.000000142. The molecule has 588 valence electrons. The van der Waals surface area contributed by atoms with Crippen molar-refractivity contribution >= 4 is 68.4 Å². The molecule has 0 bridgehead atoms. The highest BCUT2D eigenvalue weighted by Gasteiger charge is 2.53. The van der Waals surface area contributed by atoms with Gasteiger partial charge in [0.15, 0.2) is 23.3 Å². The van der Waals surface area contributed by atoms with Crippen LogP contribution in [0.3, 0.4) is 0 Å². The Hall–Kier alpha value is -15.3. The molecule has 0 radical (unpaired) electrons. The first kappa shape index (κ1) is 73.6. The molecule has 4 aliphatic rings. The summed E-state index contributed by atoms with van der Waals surface area (Å²) in [5, 5.41) is 8.39. The molecule has 5 heterocycles. The van der Waals surface area contributed by atoms with E-state index in [-0.39, 0.29) is 0 Å². The van der Waals surface area contributed by atoms with Crippen molar-refractivity contribution < 1.29 is 4.74 Å². The molecule has 0 saturated heterocycles. The number of benzene rings is 18. The molecular weight excluding hydrogens is 1550 g/mol. The van der Waals surface area contributed by atoms with E-state index in [1.807, 2.05) is 30.0 Å². The first-order valence-electron chi connectivity index (χ1n) is 42.8. The zero-order valence-corrected chi connectivity index (χ0v) is 70.7. The Morgan fingerprint density at radius 2 is 0.672 bits per heavy atom. The molecule has 9 heteroatoms. The second-order valence-corrected chi connectivity index (χ2v) is 40.1. The summed E-state index contributed by atoms with van der Waals surface area (Å²) < 4.78 is 8.97. The van der Waals surface area contributed by atoms with Crippen molar-refractivity contribution in [2.75, 3.05) is 0 Å². The summed E-state index contributed by atoms with van der Waals surface area (Å²) in [4.78, 5) is 28.8. The molecule has 2 aliphatic heterocycles. The molecule has 0 saturated carbocycles. The fourth-order valence-electron chi connectivity index (χ4n) is 20.5. The summed E-state index contributed by atoms with van der Waals surface area (Å²) in [7, 11) is -1.52. The zero-order valence-electron chi connectivity index (χ0n) is 68.8.